The van der Waals surface area contributed by atoms with Crippen LogP contribution in [0, 0.1) is 5.92 Å². The summed E-state index contributed by atoms with van der Waals surface area (Å²) < 4.78 is 0. The number of anilines is 1. The topological polar surface area (TPSA) is 78.5 Å². The Morgan fingerprint density at radius 3 is 2.33 bits per heavy atom. The SMILES string of the molecule is CN(C)C(=O)c1ccc(CNC(=O)c2cccc(NC(=O)C3CC3)c2)cc1. The van der Waals surface area contributed by atoms with Crippen LogP contribution in [0.25, 0.3) is 0 Å². The van der Waals surface area contributed by atoms with Crippen LogP contribution in [-0.4, -0.2) is 36.7 Å². The molecule has 0 saturated heterocycles. The predicted octanol–water partition coefficient (Wildman–Crippen LogP) is 2.67. The van der Waals surface area contributed by atoms with Crippen molar-refractivity contribution in [3.8, 4) is 0 Å². The third-order valence-electron chi connectivity index (χ3n) is 4.40. The Morgan fingerprint density at radius 1 is 1.00 bits per heavy atom. The van der Waals surface area contributed by atoms with Gasteiger partial charge in [-0.2, -0.15) is 0 Å². The molecule has 0 aliphatic heterocycles. The van der Waals surface area contributed by atoms with E-state index in [9.17, 15) is 14.4 Å². The highest BCUT2D eigenvalue weighted by atomic mass is 16.2. The molecule has 0 radical (unpaired) electrons. The van der Waals surface area contributed by atoms with E-state index in [0.29, 0.717) is 23.4 Å². The van der Waals surface area contributed by atoms with Crippen molar-refractivity contribution in [1.29, 1.82) is 0 Å². The molecule has 2 N–H and O–H groups in total. The highest BCUT2D eigenvalue weighted by molar-refractivity contribution is 5.98. The lowest BCUT2D eigenvalue weighted by Crippen LogP contribution is -2.23. The Bertz CT molecular complexity index is 855. The largest absolute Gasteiger partial charge is 0.348 e. The average molecular weight is 365 g/mol. The van der Waals surface area contributed by atoms with E-state index in [1.54, 1.807) is 50.5 Å². The minimum atomic E-state index is -0.217. The lowest BCUT2D eigenvalue weighted by molar-refractivity contribution is -0.117. The van der Waals surface area contributed by atoms with Crippen molar-refractivity contribution >= 4 is 23.4 Å². The number of nitrogens with zero attached hydrogens (tertiary/aromatic N) is 1. The Kier molecular flexibility index (Phi) is 5.54. The summed E-state index contributed by atoms with van der Waals surface area (Å²) in [6.07, 6.45) is 1.87. The monoisotopic (exact) mass is 365 g/mol. The lowest BCUT2D eigenvalue weighted by Gasteiger charge is -2.11. The molecule has 2 aromatic rings. The second-order valence-corrected chi connectivity index (χ2v) is 6.92. The molecule has 6 heteroatoms. The van der Waals surface area contributed by atoms with Crippen LogP contribution in [0.1, 0.15) is 39.1 Å². The summed E-state index contributed by atoms with van der Waals surface area (Å²) >= 11 is 0. The van der Waals surface area contributed by atoms with Crippen molar-refractivity contribution in [3.63, 3.8) is 0 Å². The molecule has 0 unspecified atom stereocenters. The van der Waals surface area contributed by atoms with Gasteiger partial charge in [0.15, 0.2) is 0 Å². The fourth-order valence-electron chi connectivity index (χ4n) is 2.64. The van der Waals surface area contributed by atoms with E-state index in [1.165, 1.54) is 4.90 Å². The van der Waals surface area contributed by atoms with Crippen LogP contribution in [-0.2, 0) is 11.3 Å². The van der Waals surface area contributed by atoms with Crippen molar-refractivity contribution < 1.29 is 14.4 Å². The molecule has 6 nitrogen and oxygen atoms in total. The van der Waals surface area contributed by atoms with Crippen LogP contribution in [0.5, 0.6) is 0 Å². The number of rotatable bonds is 6. The zero-order valence-electron chi connectivity index (χ0n) is 15.5. The average Bonchev–Trinajstić information content (AvgIpc) is 3.51. The Labute approximate surface area is 158 Å². The van der Waals surface area contributed by atoms with Gasteiger partial charge in [-0.3, -0.25) is 14.4 Å². The van der Waals surface area contributed by atoms with Crippen LogP contribution in [0.15, 0.2) is 48.5 Å². The maximum Gasteiger partial charge on any atom is 0.253 e. The standard InChI is InChI=1S/C21H23N3O3/c1-24(2)21(27)16-8-6-14(7-9-16)13-22-19(25)17-4-3-5-18(12-17)23-20(26)15-10-11-15/h3-9,12,15H,10-11,13H2,1-2H3,(H,22,25)(H,23,26). The molecule has 0 aromatic heterocycles. The molecule has 3 amide bonds. The molecule has 1 aliphatic carbocycles. The number of hydrogen-bond donors (Lipinski definition) is 2. The fraction of sp³-hybridized carbons (Fsp3) is 0.286. The summed E-state index contributed by atoms with van der Waals surface area (Å²) in [7, 11) is 3.41. The summed E-state index contributed by atoms with van der Waals surface area (Å²) in [6.45, 7) is 0.355. The number of amides is 3. The van der Waals surface area contributed by atoms with Crippen LogP contribution in [0.4, 0.5) is 5.69 Å². The molecule has 1 aliphatic rings. The number of benzene rings is 2. The predicted molar refractivity (Wildman–Crippen MR) is 103 cm³/mol. The van der Waals surface area contributed by atoms with Gasteiger partial charge in [-0.25, -0.2) is 0 Å². The summed E-state index contributed by atoms with van der Waals surface area (Å²) in [4.78, 5) is 37.6. The summed E-state index contributed by atoms with van der Waals surface area (Å²) in [5.74, 6) is -0.147. The van der Waals surface area contributed by atoms with E-state index >= 15 is 0 Å². The van der Waals surface area contributed by atoms with Gasteiger partial charge in [0.2, 0.25) is 5.91 Å². The van der Waals surface area contributed by atoms with Gasteiger partial charge in [0.05, 0.1) is 0 Å². The first-order valence-corrected chi connectivity index (χ1v) is 8.94. The zero-order valence-corrected chi connectivity index (χ0v) is 15.5. The molecule has 2 aromatic carbocycles. The molecule has 0 heterocycles. The second-order valence-electron chi connectivity index (χ2n) is 6.92. The molecule has 1 saturated carbocycles. The molecule has 0 spiro atoms. The Hall–Kier alpha value is -3.15. The highest BCUT2D eigenvalue weighted by Gasteiger charge is 2.29. The third-order valence-corrected chi connectivity index (χ3v) is 4.40. The van der Waals surface area contributed by atoms with Gasteiger partial charge in [-0.15, -0.1) is 0 Å². The molecule has 140 valence electrons. The van der Waals surface area contributed by atoms with Gasteiger partial charge >= 0.3 is 0 Å². The Balaban J connectivity index is 1.57. The van der Waals surface area contributed by atoms with Crippen LogP contribution >= 0.6 is 0 Å². The van der Waals surface area contributed by atoms with Crippen LogP contribution < -0.4 is 10.6 Å². The molecular weight excluding hydrogens is 342 g/mol. The van der Waals surface area contributed by atoms with E-state index < -0.39 is 0 Å². The maximum absolute atomic E-state index is 12.4. The van der Waals surface area contributed by atoms with Crippen LogP contribution in [0.3, 0.4) is 0 Å². The summed E-state index contributed by atoms with van der Waals surface area (Å²) in [5, 5.41) is 5.70. The fourth-order valence-corrected chi connectivity index (χ4v) is 2.64. The second kappa shape index (κ2) is 8.03. The van der Waals surface area contributed by atoms with E-state index in [0.717, 1.165) is 18.4 Å². The number of hydrogen-bond acceptors (Lipinski definition) is 3. The number of nitrogens with one attached hydrogen (secondary N) is 2. The first-order chi connectivity index (χ1) is 12.9. The number of carbonyl (C=O) groups is 3. The number of carbonyl (C=O) groups excluding carboxylic acids is 3. The van der Waals surface area contributed by atoms with E-state index in [-0.39, 0.29) is 23.6 Å². The first-order valence-electron chi connectivity index (χ1n) is 8.94. The van der Waals surface area contributed by atoms with Gasteiger partial charge in [0.1, 0.15) is 0 Å². The zero-order chi connectivity index (χ0) is 19.4. The van der Waals surface area contributed by atoms with Crippen molar-refractivity contribution in [2.45, 2.75) is 19.4 Å². The first kappa shape index (κ1) is 18.6. The Morgan fingerprint density at radius 2 is 1.70 bits per heavy atom. The van der Waals surface area contributed by atoms with Gasteiger partial charge in [0.25, 0.3) is 11.8 Å². The maximum atomic E-state index is 12.4. The van der Waals surface area contributed by atoms with Gasteiger partial charge in [-0.1, -0.05) is 18.2 Å². The van der Waals surface area contributed by atoms with E-state index in [2.05, 4.69) is 10.6 Å². The molecule has 0 bridgehead atoms. The van der Waals surface area contributed by atoms with E-state index in [1.807, 2.05) is 12.1 Å². The van der Waals surface area contributed by atoms with Crippen LogP contribution in [0.2, 0.25) is 0 Å². The van der Waals surface area contributed by atoms with Crippen molar-refractivity contribution in [1.82, 2.24) is 10.2 Å². The quantitative estimate of drug-likeness (QED) is 0.826. The van der Waals surface area contributed by atoms with Gasteiger partial charge in [0, 0.05) is 43.4 Å². The minimum Gasteiger partial charge on any atom is -0.348 e. The summed E-state index contributed by atoms with van der Waals surface area (Å²) in [5.41, 5.74) is 2.63. The molecule has 27 heavy (non-hydrogen) atoms. The lowest BCUT2D eigenvalue weighted by atomic mass is 10.1. The molecule has 3 rings (SSSR count). The third kappa shape index (κ3) is 4.94. The molecule has 0 atom stereocenters. The van der Waals surface area contributed by atoms with Gasteiger partial charge in [-0.05, 0) is 48.7 Å². The van der Waals surface area contributed by atoms with Crippen molar-refractivity contribution in [2.24, 2.45) is 5.92 Å². The van der Waals surface area contributed by atoms with Gasteiger partial charge < -0.3 is 15.5 Å². The normalized spacial score (nSPS) is 13.0. The van der Waals surface area contributed by atoms with E-state index in [4.69, 9.17) is 0 Å². The molecular formula is C21H23N3O3. The van der Waals surface area contributed by atoms with Crippen molar-refractivity contribution in [3.05, 3.63) is 65.2 Å². The highest BCUT2D eigenvalue weighted by Crippen LogP contribution is 2.30. The summed E-state index contributed by atoms with van der Waals surface area (Å²) in [6, 6.07) is 14.0. The molecule has 1 fully saturated rings. The minimum absolute atomic E-state index is 0.0138. The smallest absolute Gasteiger partial charge is 0.253 e. The van der Waals surface area contributed by atoms with Crippen molar-refractivity contribution in [2.75, 3.05) is 19.4 Å².